The Balaban J connectivity index is 0.000000344. The number of imidazole rings is 1. The predicted octanol–water partition coefficient (Wildman–Crippen LogP) is 3.78. The van der Waals surface area contributed by atoms with Gasteiger partial charge < -0.3 is 19.9 Å². The highest BCUT2D eigenvalue weighted by Crippen LogP contribution is 2.30. The minimum Gasteiger partial charge on any atom is -0.475 e. The summed E-state index contributed by atoms with van der Waals surface area (Å²) < 4.78 is 37.3. The molecule has 34 heavy (non-hydrogen) atoms. The quantitative estimate of drug-likeness (QED) is 0.411. The first-order valence-corrected chi connectivity index (χ1v) is 10.2. The lowest BCUT2D eigenvalue weighted by atomic mass is 9.95. The Bertz CT molecular complexity index is 1300. The Kier molecular flexibility index (Phi) is 6.41. The van der Waals surface area contributed by atoms with Crippen molar-refractivity contribution in [3.8, 4) is 34.4 Å². The van der Waals surface area contributed by atoms with Crippen molar-refractivity contribution in [3.63, 3.8) is 0 Å². The molecular weight excluding hydrogens is 453 g/mol. The molecule has 12 heteroatoms. The number of hydrogen-bond donors (Lipinski definition) is 3. The van der Waals surface area contributed by atoms with E-state index in [0.717, 1.165) is 42.2 Å². The van der Waals surface area contributed by atoms with Crippen LogP contribution in [-0.4, -0.2) is 48.9 Å². The first-order valence-electron chi connectivity index (χ1n) is 10.2. The van der Waals surface area contributed by atoms with Gasteiger partial charge in [-0.2, -0.15) is 18.2 Å². The fourth-order valence-electron chi connectivity index (χ4n) is 3.47. The molecule has 1 aliphatic rings. The second kappa shape index (κ2) is 9.43. The van der Waals surface area contributed by atoms with Gasteiger partial charge in [-0.25, -0.2) is 9.78 Å². The summed E-state index contributed by atoms with van der Waals surface area (Å²) in [5.74, 6) is -0.992. The Morgan fingerprint density at radius 2 is 1.88 bits per heavy atom. The molecule has 1 aliphatic heterocycles. The van der Waals surface area contributed by atoms with Crippen LogP contribution >= 0.6 is 0 Å². The number of alkyl halides is 3. The number of aryl methyl sites for hydroxylation is 1. The third-order valence-corrected chi connectivity index (χ3v) is 5.08. The number of hydrogen-bond acceptors (Lipinski definition) is 7. The zero-order chi connectivity index (χ0) is 24.3. The van der Waals surface area contributed by atoms with Crippen LogP contribution in [0.5, 0.6) is 0 Å². The third kappa shape index (κ3) is 4.96. The minimum atomic E-state index is -5.08. The van der Waals surface area contributed by atoms with E-state index in [-0.39, 0.29) is 0 Å². The van der Waals surface area contributed by atoms with E-state index in [2.05, 4.69) is 30.4 Å². The van der Waals surface area contributed by atoms with Crippen molar-refractivity contribution in [1.82, 2.24) is 30.4 Å². The van der Waals surface area contributed by atoms with E-state index in [0.29, 0.717) is 17.4 Å². The number of nitrogens with one attached hydrogen (secondary N) is 2. The number of benzene rings is 1. The van der Waals surface area contributed by atoms with Crippen LogP contribution in [0.3, 0.4) is 0 Å². The zero-order valence-electron chi connectivity index (χ0n) is 17.8. The van der Waals surface area contributed by atoms with Crippen LogP contribution in [-0.2, 0) is 17.8 Å². The number of aromatic amines is 1. The van der Waals surface area contributed by atoms with Gasteiger partial charge in [0, 0.05) is 29.6 Å². The number of carboxylic acid groups (broad SMARTS) is 1. The summed E-state index contributed by atoms with van der Waals surface area (Å²) in [4.78, 5) is 25.7. The van der Waals surface area contributed by atoms with Crippen LogP contribution in [0.25, 0.3) is 34.4 Å². The van der Waals surface area contributed by atoms with Crippen molar-refractivity contribution >= 4 is 5.97 Å². The molecule has 0 unspecified atom stereocenters. The number of fused-ring (bicyclic) bond motifs is 1. The normalized spacial score (nSPS) is 13.1. The summed E-state index contributed by atoms with van der Waals surface area (Å²) >= 11 is 0. The van der Waals surface area contributed by atoms with Crippen molar-refractivity contribution in [1.29, 1.82) is 0 Å². The second-order valence-corrected chi connectivity index (χ2v) is 7.39. The fourth-order valence-corrected chi connectivity index (χ4v) is 3.47. The van der Waals surface area contributed by atoms with Gasteiger partial charge in [-0.1, -0.05) is 35.5 Å². The molecule has 4 aromatic rings. The number of carboxylic acids is 1. The van der Waals surface area contributed by atoms with E-state index in [1.807, 2.05) is 43.5 Å². The van der Waals surface area contributed by atoms with Crippen LogP contribution in [0.15, 0.2) is 47.2 Å². The SMILES string of the molecule is Cc1ncc2c(c1-c1noc(-c3cnc(-c4ccccc4)[nH]3)n1)CCNC2.O=C(O)C(F)(F)F. The van der Waals surface area contributed by atoms with Crippen molar-refractivity contribution in [2.24, 2.45) is 0 Å². The minimum absolute atomic E-state index is 0.422. The summed E-state index contributed by atoms with van der Waals surface area (Å²) in [5, 5.41) is 14.7. The Hall–Kier alpha value is -4.06. The maximum absolute atomic E-state index is 10.6. The summed E-state index contributed by atoms with van der Waals surface area (Å²) in [6.07, 6.45) is -0.502. The zero-order valence-corrected chi connectivity index (χ0v) is 17.8. The third-order valence-electron chi connectivity index (χ3n) is 5.08. The lowest BCUT2D eigenvalue weighted by Crippen LogP contribution is -2.24. The molecule has 9 nitrogen and oxygen atoms in total. The van der Waals surface area contributed by atoms with Gasteiger partial charge in [0.1, 0.15) is 11.5 Å². The number of carbonyl (C=O) groups is 1. The summed E-state index contributed by atoms with van der Waals surface area (Å²) in [6.45, 7) is 3.74. The Labute approximate surface area is 191 Å². The van der Waals surface area contributed by atoms with Crippen molar-refractivity contribution in [2.75, 3.05) is 6.54 Å². The molecule has 176 valence electrons. The largest absolute Gasteiger partial charge is 0.490 e. The van der Waals surface area contributed by atoms with E-state index >= 15 is 0 Å². The first-order chi connectivity index (χ1) is 16.2. The molecule has 1 aromatic carbocycles. The van der Waals surface area contributed by atoms with Crippen LogP contribution in [0.2, 0.25) is 0 Å². The summed E-state index contributed by atoms with van der Waals surface area (Å²) in [6, 6.07) is 9.93. The molecule has 4 heterocycles. The highest BCUT2D eigenvalue weighted by molar-refractivity contribution is 5.73. The summed E-state index contributed by atoms with van der Waals surface area (Å²) in [5.41, 5.74) is 6.05. The molecule has 0 bridgehead atoms. The van der Waals surface area contributed by atoms with Crippen LogP contribution < -0.4 is 5.32 Å². The Morgan fingerprint density at radius 3 is 2.59 bits per heavy atom. The van der Waals surface area contributed by atoms with Crippen molar-refractivity contribution in [2.45, 2.75) is 26.1 Å². The van der Waals surface area contributed by atoms with Crippen LogP contribution in [0.4, 0.5) is 13.2 Å². The predicted molar refractivity (Wildman–Crippen MR) is 114 cm³/mol. The van der Waals surface area contributed by atoms with Crippen molar-refractivity contribution in [3.05, 3.63) is 59.5 Å². The molecule has 0 amide bonds. The van der Waals surface area contributed by atoms with Gasteiger partial charge in [0.15, 0.2) is 0 Å². The standard InChI is InChI=1S/C20H18N6O.C2HF3O2/c1-12-17(15-7-8-21-9-14(15)10-22-12)19-25-20(27-26-19)16-11-23-18(24-16)13-5-3-2-4-6-13;3-2(4,5)1(6)7/h2-6,10-11,21H,7-9H2,1H3,(H,23,24);(H,6,7). The number of aromatic nitrogens is 5. The van der Waals surface area contributed by atoms with Gasteiger partial charge in [0.2, 0.25) is 5.82 Å². The van der Waals surface area contributed by atoms with Crippen molar-refractivity contribution < 1.29 is 27.6 Å². The first kappa shape index (κ1) is 23.1. The van der Waals surface area contributed by atoms with E-state index in [9.17, 15) is 13.2 Å². The molecule has 0 aliphatic carbocycles. The monoisotopic (exact) mass is 472 g/mol. The average molecular weight is 472 g/mol. The smallest absolute Gasteiger partial charge is 0.475 e. The van der Waals surface area contributed by atoms with E-state index in [1.165, 1.54) is 11.1 Å². The van der Waals surface area contributed by atoms with Gasteiger partial charge in [0.25, 0.3) is 5.89 Å². The fraction of sp³-hybridized carbons (Fsp3) is 0.227. The van der Waals surface area contributed by atoms with Gasteiger partial charge >= 0.3 is 12.1 Å². The Morgan fingerprint density at radius 1 is 1.15 bits per heavy atom. The molecule has 0 radical (unpaired) electrons. The molecule has 0 atom stereocenters. The molecule has 3 N–H and O–H groups in total. The number of pyridine rings is 1. The van der Waals surface area contributed by atoms with E-state index < -0.39 is 12.1 Å². The topological polar surface area (TPSA) is 130 Å². The second-order valence-electron chi connectivity index (χ2n) is 7.39. The highest BCUT2D eigenvalue weighted by atomic mass is 19.4. The molecule has 5 rings (SSSR count). The van der Waals surface area contributed by atoms with Gasteiger partial charge in [-0.3, -0.25) is 4.98 Å². The maximum Gasteiger partial charge on any atom is 0.490 e. The lowest BCUT2D eigenvalue weighted by Gasteiger charge is -2.19. The summed E-state index contributed by atoms with van der Waals surface area (Å²) in [7, 11) is 0. The van der Waals surface area contributed by atoms with E-state index in [1.54, 1.807) is 6.20 Å². The molecule has 0 saturated heterocycles. The van der Waals surface area contributed by atoms with Crippen LogP contribution in [0.1, 0.15) is 16.8 Å². The molecule has 3 aromatic heterocycles. The van der Waals surface area contributed by atoms with Gasteiger partial charge in [-0.05, 0) is 31.0 Å². The van der Waals surface area contributed by atoms with Crippen LogP contribution in [0, 0.1) is 6.92 Å². The number of aliphatic carboxylic acids is 1. The lowest BCUT2D eigenvalue weighted by molar-refractivity contribution is -0.192. The molecule has 0 spiro atoms. The number of H-pyrrole nitrogens is 1. The van der Waals surface area contributed by atoms with Gasteiger partial charge in [-0.15, -0.1) is 0 Å². The maximum atomic E-state index is 10.6. The number of rotatable bonds is 3. The number of halogens is 3. The molecular formula is C22H19F3N6O3. The van der Waals surface area contributed by atoms with Gasteiger partial charge in [0.05, 0.1) is 6.20 Å². The number of nitrogens with zero attached hydrogens (tertiary/aromatic N) is 4. The van der Waals surface area contributed by atoms with E-state index in [4.69, 9.17) is 14.4 Å². The molecule has 0 fully saturated rings. The average Bonchev–Trinajstić information content (AvgIpc) is 3.49. The highest BCUT2D eigenvalue weighted by Gasteiger charge is 2.38. The molecule has 0 saturated carbocycles.